The molecular formula is C14H32O4Si. The van der Waals surface area contributed by atoms with Crippen LogP contribution in [0.25, 0.3) is 0 Å². The molecule has 116 valence electrons. The molecule has 0 aromatic carbocycles. The van der Waals surface area contributed by atoms with Gasteiger partial charge in [-0.15, -0.1) is 0 Å². The number of hydrogen-bond donors (Lipinski definition) is 1. The second-order valence-corrected chi connectivity index (χ2v) is 7.31. The van der Waals surface area contributed by atoms with Crippen molar-refractivity contribution >= 4 is 8.80 Å². The Hall–Kier alpha value is 0.0569. The zero-order chi connectivity index (χ0) is 14.4. The van der Waals surface area contributed by atoms with Gasteiger partial charge in [0, 0.05) is 32.5 Å². The molecule has 0 rings (SSSR count). The molecule has 0 aliphatic heterocycles. The number of rotatable bonds is 14. The molecule has 0 fully saturated rings. The van der Waals surface area contributed by atoms with Crippen molar-refractivity contribution in [2.24, 2.45) is 0 Å². The molecule has 19 heavy (non-hydrogen) atoms. The summed E-state index contributed by atoms with van der Waals surface area (Å²) in [5.74, 6) is 0. The standard InChI is InChI=1S/C14H32O4Si/c1-4-16-19(17-5-2,18-6-3)14-12-10-8-7-9-11-13-15/h15H,4-14H2,1-3H3. The highest BCUT2D eigenvalue weighted by Crippen LogP contribution is 2.20. The molecule has 0 unspecified atom stereocenters. The Morgan fingerprint density at radius 3 is 1.53 bits per heavy atom. The normalized spacial score (nSPS) is 12.0. The lowest BCUT2D eigenvalue weighted by atomic mass is 10.1. The largest absolute Gasteiger partial charge is 0.500 e. The van der Waals surface area contributed by atoms with Crippen LogP contribution in [0.2, 0.25) is 6.04 Å². The van der Waals surface area contributed by atoms with Gasteiger partial charge in [0.25, 0.3) is 0 Å². The van der Waals surface area contributed by atoms with E-state index in [0.29, 0.717) is 26.4 Å². The highest BCUT2D eigenvalue weighted by molar-refractivity contribution is 6.60. The van der Waals surface area contributed by atoms with Crippen LogP contribution >= 0.6 is 0 Å². The Morgan fingerprint density at radius 2 is 1.11 bits per heavy atom. The van der Waals surface area contributed by atoms with E-state index >= 15 is 0 Å². The lowest BCUT2D eigenvalue weighted by molar-refractivity contribution is 0.0706. The van der Waals surface area contributed by atoms with Crippen LogP contribution in [0.15, 0.2) is 0 Å². The minimum atomic E-state index is -2.41. The van der Waals surface area contributed by atoms with Gasteiger partial charge in [0.1, 0.15) is 0 Å². The van der Waals surface area contributed by atoms with E-state index in [2.05, 4.69) is 0 Å². The Kier molecular flexibility index (Phi) is 13.1. The van der Waals surface area contributed by atoms with Gasteiger partial charge < -0.3 is 18.4 Å². The van der Waals surface area contributed by atoms with Crippen molar-refractivity contribution in [3.8, 4) is 0 Å². The van der Waals surface area contributed by atoms with Crippen LogP contribution < -0.4 is 0 Å². The van der Waals surface area contributed by atoms with Crippen LogP contribution in [-0.4, -0.2) is 40.3 Å². The fraction of sp³-hybridized carbons (Fsp3) is 1.00. The van der Waals surface area contributed by atoms with Gasteiger partial charge in [0.05, 0.1) is 0 Å². The third-order valence-corrected chi connectivity index (χ3v) is 6.14. The molecule has 0 radical (unpaired) electrons. The summed E-state index contributed by atoms with van der Waals surface area (Å²) in [6.07, 6.45) is 6.76. The maximum Gasteiger partial charge on any atom is 0.500 e. The van der Waals surface area contributed by atoms with Crippen LogP contribution in [0.1, 0.15) is 59.3 Å². The second-order valence-electron chi connectivity index (χ2n) is 4.58. The number of aliphatic hydroxyl groups is 1. The van der Waals surface area contributed by atoms with E-state index in [1.807, 2.05) is 20.8 Å². The van der Waals surface area contributed by atoms with E-state index in [-0.39, 0.29) is 0 Å². The molecule has 0 saturated heterocycles. The summed E-state index contributed by atoms with van der Waals surface area (Å²) in [6.45, 7) is 8.27. The van der Waals surface area contributed by atoms with E-state index in [4.69, 9.17) is 18.4 Å². The average Bonchev–Trinajstić information content (AvgIpc) is 2.39. The first-order valence-corrected chi connectivity index (χ1v) is 9.70. The van der Waals surface area contributed by atoms with Gasteiger partial charge in [-0.2, -0.15) is 0 Å². The molecule has 0 amide bonds. The summed E-state index contributed by atoms with van der Waals surface area (Å²) in [4.78, 5) is 0. The lowest BCUT2D eigenvalue weighted by Crippen LogP contribution is -2.45. The average molecular weight is 292 g/mol. The van der Waals surface area contributed by atoms with E-state index in [0.717, 1.165) is 25.3 Å². The third-order valence-electron chi connectivity index (χ3n) is 2.98. The summed E-state index contributed by atoms with van der Waals surface area (Å²) >= 11 is 0. The second kappa shape index (κ2) is 13.1. The van der Waals surface area contributed by atoms with E-state index < -0.39 is 8.80 Å². The Morgan fingerprint density at radius 1 is 0.684 bits per heavy atom. The van der Waals surface area contributed by atoms with Crippen LogP contribution in [0.4, 0.5) is 0 Å². The summed E-state index contributed by atoms with van der Waals surface area (Å²) < 4.78 is 17.5. The summed E-state index contributed by atoms with van der Waals surface area (Å²) in [5, 5.41) is 8.71. The molecule has 0 saturated carbocycles. The van der Waals surface area contributed by atoms with Crippen molar-refractivity contribution in [1.29, 1.82) is 0 Å². The Bertz CT molecular complexity index is 173. The smallest absolute Gasteiger partial charge is 0.396 e. The third kappa shape index (κ3) is 9.57. The van der Waals surface area contributed by atoms with Gasteiger partial charge in [-0.05, 0) is 33.6 Å². The minimum Gasteiger partial charge on any atom is -0.396 e. The summed E-state index contributed by atoms with van der Waals surface area (Å²) in [5.41, 5.74) is 0. The molecule has 0 heterocycles. The highest BCUT2D eigenvalue weighted by atomic mass is 28.4. The van der Waals surface area contributed by atoms with Gasteiger partial charge in [-0.3, -0.25) is 0 Å². The zero-order valence-corrected chi connectivity index (χ0v) is 14.0. The quantitative estimate of drug-likeness (QED) is 0.394. The number of unbranched alkanes of at least 4 members (excludes halogenated alkanes) is 5. The van der Waals surface area contributed by atoms with Crippen molar-refractivity contribution in [2.75, 3.05) is 26.4 Å². The Labute approximate surface area is 119 Å². The number of aliphatic hydroxyl groups excluding tert-OH is 1. The van der Waals surface area contributed by atoms with Crippen LogP contribution in [0, 0.1) is 0 Å². The van der Waals surface area contributed by atoms with Crippen LogP contribution in [-0.2, 0) is 13.3 Å². The first-order chi connectivity index (χ1) is 9.24. The van der Waals surface area contributed by atoms with Crippen molar-refractivity contribution in [3.63, 3.8) is 0 Å². The molecule has 0 aromatic rings. The molecule has 0 spiro atoms. The molecule has 1 N–H and O–H groups in total. The Balaban J connectivity index is 3.89. The monoisotopic (exact) mass is 292 g/mol. The van der Waals surface area contributed by atoms with Crippen molar-refractivity contribution in [1.82, 2.24) is 0 Å². The summed E-state index contributed by atoms with van der Waals surface area (Å²) in [6, 6.07) is 0.919. The highest BCUT2D eigenvalue weighted by Gasteiger charge is 2.39. The van der Waals surface area contributed by atoms with Gasteiger partial charge >= 0.3 is 8.80 Å². The minimum absolute atomic E-state index is 0.315. The van der Waals surface area contributed by atoms with Crippen LogP contribution in [0.3, 0.4) is 0 Å². The molecular weight excluding hydrogens is 260 g/mol. The van der Waals surface area contributed by atoms with Gasteiger partial charge in [0.2, 0.25) is 0 Å². The lowest BCUT2D eigenvalue weighted by Gasteiger charge is -2.28. The fourth-order valence-corrected chi connectivity index (χ4v) is 4.85. The molecule has 4 nitrogen and oxygen atoms in total. The number of hydrogen-bond acceptors (Lipinski definition) is 4. The van der Waals surface area contributed by atoms with E-state index in [1.54, 1.807) is 0 Å². The van der Waals surface area contributed by atoms with Gasteiger partial charge in [0.15, 0.2) is 0 Å². The fourth-order valence-electron chi connectivity index (χ4n) is 2.16. The summed E-state index contributed by atoms with van der Waals surface area (Å²) in [7, 11) is -2.41. The van der Waals surface area contributed by atoms with Crippen LogP contribution in [0.5, 0.6) is 0 Å². The molecule has 0 bridgehead atoms. The predicted molar refractivity (Wildman–Crippen MR) is 80.2 cm³/mol. The first-order valence-electron chi connectivity index (χ1n) is 7.77. The van der Waals surface area contributed by atoms with Crippen molar-refractivity contribution in [2.45, 2.75) is 65.3 Å². The molecule has 0 atom stereocenters. The molecule has 0 aliphatic carbocycles. The van der Waals surface area contributed by atoms with Gasteiger partial charge in [-0.1, -0.05) is 25.7 Å². The van der Waals surface area contributed by atoms with Crippen molar-refractivity contribution < 1.29 is 18.4 Å². The molecule has 0 aromatic heterocycles. The maximum absolute atomic E-state index is 8.71. The zero-order valence-electron chi connectivity index (χ0n) is 13.0. The molecule has 0 aliphatic rings. The topological polar surface area (TPSA) is 47.9 Å². The van der Waals surface area contributed by atoms with Crippen molar-refractivity contribution in [3.05, 3.63) is 0 Å². The maximum atomic E-state index is 8.71. The van der Waals surface area contributed by atoms with E-state index in [1.165, 1.54) is 19.3 Å². The van der Waals surface area contributed by atoms with Gasteiger partial charge in [-0.25, -0.2) is 0 Å². The molecule has 5 heteroatoms. The first kappa shape index (κ1) is 19.1. The van der Waals surface area contributed by atoms with E-state index in [9.17, 15) is 0 Å². The predicted octanol–water partition coefficient (Wildman–Crippen LogP) is 3.37. The SMILES string of the molecule is CCO[Si](CCCCCCCCO)(OCC)OCC.